The first kappa shape index (κ1) is 30.5. The van der Waals surface area contributed by atoms with Gasteiger partial charge in [0.15, 0.2) is 5.78 Å². The van der Waals surface area contributed by atoms with E-state index in [1.54, 1.807) is 11.0 Å². The summed E-state index contributed by atoms with van der Waals surface area (Å²) in [7, 11) is 3.91. The van der Waals surface area contributed by atoms with Crippen LogP contribution >= 0.6 is 0 Å². The van der Waals surface area contributed by atoms with Crippen LogP contribution < -0.4 is 10.6 Å². The summed E-state index contributed by atoms with van der Waals surface area (Å²) in [6.45, 7) is 5.01. The number of carbonyl (C=O) groups is 4. The van der Waals surface area contributed by atoms with Gasteiger partial charge in [0.05, 0.1) is 5.69 Å². The van der Waals surface area contributed by atoms with Gasteiger partial charge in [-0.25, -0.2) is 4.79 Å². The zero-order chi connectivity index (χ0) is 30.7. The highest BCUT2D eigenvalue weighted by Crippen LogP contribution is 2.33. The summed E-state index contributed by atoms with van der Waals surface area (Å²) in [6, 6.07) is 12.1. The molecule has 2 atom stereocenters. The van der Waals surface area contributed by atoms with E-state index in [0.717, 1.165) is 41.3 Å². The first-order valence-electron chi connectivity index (χ1n) is 15.4. The van der Waals surface area contributed by atoms with E-state index in [2.05, 4.69) is 15.6 Å². The van der Waals surface area contributed by atoms with Crippen molar-refractivity contribution >= 4 is 40.1 Å². The third-order valence-electron chi connectivity index (χ3n) is 9.09. The molecule has 5 rings (SSSR count). The molecule has 9 heteroatoms. The maximum absolute atomic E-state index is 14.0. The molecular weight excluding hydrogens is 542 g/mol. The number of hydrogen-bond donors (Lipinski definition) is 3. The number of ketones is 2. The van der Waals surface area contributed by atoms with Gasteiger partial charge in [-0.05, 0) is 76.0 Å². The number of aromatic nitrogens is 1. The number of fused-ring (bicyclic) bond motifs is 1. The highest BCUT2D eigenvalue weighted by Gasteiger charge is 2.36. The second kappa shape index (κ2) is 13.1. The average molecular weight is 586 g/mol. The molecule has 3 amide bonds. The van der Waals surface area contributed by atoms with Crippen LogP contribution in [0.3, 0.4) is 0 Å². The van der Waals surface area contributed by atoms with Gasteiger partial charge < -0.3 is 25.4 Å². The number of Topliss-reactive ketones (excluding diaryl/α,β-unsaturated/α-hetero) is 2. The molecule has 228 valence electrons. The van der Waals surface area contributed by atoms with Crippen LogP contribution in [0.25, 0.3) is 10.9 Å². The van der Waals surface area contributed by atoms with E-state index in [0.29, 0.717) is 49.5 Å². The summed E-state index contributed by atoms with van der Waals surface area (Å²) >= 11 is 0. The molecule has 0 bridgehead atoms. The lowest BCUT2D eigenvalue weighted by Crippen LogP contribution is -2.53. The van der Waals surface area contributed by atoms with Crippen LogP contribution in [0, 0.1) is 11.8 Å². The number of benzene rings is 2. The third-order valence-corrected chi connectivity index (χ3v) is 9.09. The van der Waals surface area contributed by atoms with Crippen molar-refractivity contribution in [1.29, 1.82) is 0 Å². The highest BCUT2D eigenvalue weighted by molar-refractivity contribution is 6.06. The number of hydrogen-bond acceptors (Lipinski definition) is 5. The van der Waals surface area contributed by atoms with Gasteiger partial charge in [-0.15, -0.1) is 0 Å². The number of piperidine rings is 1. The Morgan fingerprint density at radius 1 is 1.00 bits per heavy atom. The Balaban J connectivity index is 1.38. The number of nitrogens with zero attached hydrogens (tertiary/aromatic N) is 2. The topological polar surface area (TPSA) is 115 Å². The Morgan fingerprint density at radius 2 is 1.70 bits per heavy atom. The minimum Gasteiger partial charge on any atom is -0.361 e. The van der Waals surface area contributed by atoms with Crippen LogP contribution in [-0.4, -0.2) is 71.5 Å². The fourth-order valence-corrected chi connectivity index (χ4v) is 6.36. The van der Waals surface area contributed by atoms with Crippen molar-refractivity contribution in [2.45, 2.75) is 64.5 Å². The van der Waals surface area contributed by atoms with Gasteiger partial charge in [0.25, 0.3) is 0 Å². The smallest absolute Gasteiger partial charge is 0.318 e. The van der Waals surface area contributed by atoms with Crippen molar-refractivity contribution in [1.82, 2.24) is 20.1 Å². The van der Waals surface area contributed by atoms with Gasteiger partial charge >= 0.3 is 6.03 Å². The predicted molar refractivity (Wildman–Crippen MR) is 168 cm³/mol. The van der Waals surface area contributed by atoms with Crippen molar-refractivity contribution in [2.24, 2.45) is 11.8 Å². The van der Waals surface area contributed by atoms with E-state index in [-0.39, 0.29) is 29.6 Å². The maximum Gasteiger partial charge on any atom is 0.318 e. The normalized spacial score (nSPS) is 17.4. The van der Waals surface area contributed by atoms with Gasteiger partial charge in [-0.1, -0.05) is 37.6 Å². The molecular formula is C34H43N5O4. The molecule has 1 aliphatic carbocycles. The van der Waals surface area contributed by atoms with Crippen LogP contribution in [-0.2, 0) is 16.1 Å². The van der Waals surface area contributed by atoms with E-state index >= 15 is 0 Å². The molecule has 1 saturated heterocycles. The van der Waals surface area contributed by atoms with Crippen molar-refractivity contribution in [2.75, 3.05) is 32.5 Å². The van der Waals surface area contributed by atoms with E-state index < -0.39 is 11.9 Å². The van der Waals surface area contributed by atoms with E-state index in [9.17, 15) is 19.2 Å². The minimum absolute atomic E-state index is 0.0121. The number of aromatic amines is 1. The number of rotatable bonds is 10. The summed E-state index contributed by atoms with van der Waals surface area (Å²) in [6.07, 6.45) is 6.30. The molecule has 43 heavy (non-hydrogen) atoms. The summed E-state index contributed by atoms with van der Waals surface area (Å²) in [5.41, 5.74) is 3.66. The van der Waals surface area contributed by atoms with Crippen molar-refractivity contribution < 1.29 is 19.2 Å². The first-order valence-corrected chi connectivity index (χ1v) is 15.4. The molecule has 3 N–H and O–H groups in total. The summed E-state index contributed by atoms with van der Waals surface area (Å²) in [5.74, 6) is -0.371. The van der Waals surface area contributed by atoms with Gasteiger partial charge in [0, 0.05) is 60.1 Å². The zero-order valence-corrected chi connectivity index (χ0v) is 25.6. The molecule has 1 aromatic heterocycles. The molecule has 1 saturated carbocycles. The van der Waals surface area contributed by atoms with Crippen LogP contribution in [0.2, 0.25) is 0 Å². The number of anilines is 1. The number of nitrogens with one attached hydrogen (secondary N) is 3. The van der Waals surface area contributed by atoms with Crippen LogP contribution in [0.1, 0.15) is 73.4 Å². The monoisotopic (exact) mass is 585 g/mol. The molecule has 2 fully saturated rings. The number of urea groups is 1. The highest BCUT2D eigenvalue weighted by atomic mass is 16.2. The van der Waals surface area contributed by atoms with Crippen LogP contribution in [0.15, 0.2) is 48.7 Å². The standard InChI is InChI=1S/C34H43N5O4/c1-21(28-19-35-29-11-6-5-10-27(28)29)31(33(42)36-30-18-23(20-38(3)4)12-13-26(30)22(2)40)37-34(43)39-16-14-25(15-17-39)32(41)24-8-7-9-24/h5-6,10-13,18-19,21,24-25,31,35H,7-9,14-17,20H2,1-4H3,(H,36,42)(H,37,43)/t21-,31+/m0/s1. The Hall–Kier alpha value is -3.98. The lowest BCUT2D eigenvalue weighted by atomic mass is 9.75. The van der Waals surface area contributed by atoms with Gasteiger partial charge in [-0.2, -0.15) is 0 Å². The van der Waals surface area contributed by atoms with Crippen LogP contribution in [0.5, 0.6) is 0 Å². The zero-order valence-electron chi connectivity index (χ0n) is 25.6. The Morgan fingerprint density at radius 3 is 2.35 bits per heavy atom. The number of carbonyl (C=O) groups excluding carboxylic acids is 4. The molecule has 1 aliphatic heterocycles. The quantitative estimate of drug-likeness (QED) is 0.278. The lowest BCUT2D eigenvalue weighted by molar-refractivity contribution is -0.130. The molecule has 9 nitrogen and oxygen atoms in total. The van der Waals surface area contributed by atoms with Gasteiger partial charge in [0.1, 0.15) is 11.8 Å². The third kappa shape index (κ3) is 6.82. The van der Waals surface area contributed by atoms with Crippen molar-refractivity contribution in [3.63, 3.8) is 0 Å². The average Bonchev–Trinajstić information content (AvgIpc) is 3.38. The Labute approximate surface area is 253 Å². The molecule has 0 spiro atoms. The number of para-hydroxylation sites is 1. The molecule has 3 aromatic rings. The van der Waals surface area contributed by atoms with Crippen LogP contribution in [0.4, 0.5) is 10.5 Å². The van der Waals surface area contributed by atoms with E-state index in [1.165, 1.54) is 6.92 Å². The predicted octanol–water partition coefficient (Wildman–Crippen LogP) is 5.33. The van der Waals surface area contributed by atoms with Crippen molar-refractivity contribution in [3.05, 3.63) is 65.4 Å². The molecule has 2 aromatic carbocycles. The Bertz CT molecular complexity index is 1500. The van der Waals surface area contributed by atoms with Crippen molar-refractivity contribution in [3.8, 4) is 0 Å². The van der Waals surface area contributed by atoms with Gasteiger partial charge in [0.2, 0.25) is 5.91 Å². The molecule has 0 unspecified atom stereocenters. The second-order valence-corrected chi connectivity index (χ2v) is 12.5. The largest absolute Gasteiger partial charge is 0.361 e. The lowest BCUT2D eigenvalue weighted by Gasteiger charge is -2.36. The number of H-pyrrole nitrogens is 1. The second-order valence-electron chi connectivity index (χ2n) is 12.5. The SMILES string of the molecule is CC(=O)c1ccc(CN(C)C)cc1NC(=O)[C@H](NC(=O)N1CCC(C(=O)C2CCC2)CC1)[C@@H](C)c1c[nH]c2ccccc12. The fraction of sp³-hybridized carbons (Fsp3) is 0.471. The maximum atomic E-state index is 14.0. The number of likely N-dealkylation sites (tertiary alicyclic amines) is 1. The summed E-state index contributed by atoms with van der Waals surface area (Å²) < 4.78 is 0. The van der Waals surface area contributed by atoms with E-state index in [1.807, 2.05) is 68.5 Å². The van der Waals surface area contributed by atoms with Gasteiger partial charge in [-0.3, -0.25) is 14.4 Å². The fourth-order valence-electron chi connectivity index (χ4n) is 6.36. The van der Waals surface area contributed by atoms with E-state index in [4.69, 9.17) is 0 Å². The Kier molecular flexibility index (Phi) is 9.30. The summed E-state index contributed by atoms with van der Waals surface area (Å²) in [4.78, 5) is 59.9. The first-order chi connectivity index (χ1) is 20.6. The molecule has 2 heterocycles. The minimum atomic E-state index is -0.918. The summed E-state index contributed by atoms with van der Waals surface area (Å²) in [5, 5.41) is 6.99. The molecule has 2 aliphatic rings. The molecule has 0 radical (unpaired) electrons. The number of amides is 3.